The molecule has 1 heterocycles. The molecule has 0 atom stereocenters. The zero-order chi connectivity index (χ0) is 14.4. The number of aryl methyl sites for hydroxylation is 1. The fourth-order valence-electron chi connectivity index (χ4n) is 1.74. The Morgan fingerprint density at radius 2 is 2.20 bits per heavy atom. The third kappa shape index (κ3) is 3.95. The van der Waals surface area contributed by atoms with Gasteiger partial charge in [0.15, 0.2) is 0 Å². The lowest BCUT2D eigenvalue weighted by molar-refractivity contribution is 0.0955. The summed E-state index contributed by atoms with van der Waals surface area (Å²) in [5.41, 5.74) is 7.28. The fraction of sp³-hybridized carbons (Fsp3) is 0.188. The molecule has 1 aromatic heterocycles. The Morgan fingerprint density at radius 1 is 1.35 bits per heavy atom. The van der Waals surface area contributed by atoms with Gasteiger partial charge in [0.1, 0.15) is 0 Å². The largest absolute Gasteiger partial charge is 0.347 e. The first-order valence-electron chi connectivity index (χ1n) is 6.31. The standard InChI is InChI=1S/C16H16N2OS/c1-12-7-8-15(20-12)16(19)18-11-14-5-2-4-13(10-14)6-3-9-17/h2,4-5,7-8,10H,9,11,17H2,1H3,(H,18,19). The molecule has 0 aliphatic carbocycles. The van der Waals surface area contributed by atoms with Gasteiger partial charge in [-0.2, -0.15) is 0 Å². The SMILES string of the molecule is Cc1ccc(C(=O)NCc2cccc(C#CCN)c2)s1. The first-order valence-corrected chi connectivity index (χ1v) is 7.13. The molecule has 1 aromatic carbocycles. The van der Waals surface area contributed by atoms with E-state index < -0.39 is 0 Å². The molecule has 0 radical (unpaired) electrons. The van der Waals surface area contributed by atoms with Gasteiger partial charge in [0.25, 0.3) is 5.91 Å². The fourth-order valence-corrected chi connectivity index (χ4v) is 2.52. The predicted molar refractivity (Wildman–Crippen MR) is 82.6 cm³/mol. The van der Waals surface area contributed by atoms with Crippen LogP contribution in [-0.2, 0) is 6.54 Å². The first-order chi connectivity index (χ1) is 9.69. The van der Waals surface area contributed by atoms with Gasteiger partial charge < -0.3 is 11.1 Å². The van der Waals surface area contributed by atoms with Crippen LogP contribution in [0.15, 0.2) is 36.4 Å². The smallest absolute Gasteiger partial charge is 0.261 e. The maximum Gasteiger partial charge on any atom is 0.261 e. The molecule has 1 amide bonds. The predicted octanol–water partition coefficient (Wildman–Crippen LogP) is 2.30. The van der Waals surface area contributed by atoms with Crippen LogP contribution >= 0.6 is 11.3 Å². The second-order valence-corrected chi connectivity index (χ2v) is 5.59. The van der Waals surface area contributed by atoms with Crippen molar-refractivity contribution in [2.45, 2.75) is 13.5 Å². The van der Waals surface area contributed by atoms with Gasteiger partial charge in [0.2, 0.25) is 0 Å². The molecular formula is C16H16N2OS. The summed E-state index contributed by atoms with van der Waals surface area (Å²) in [7, 11) is 0. The van der Waals surface area contributed by atoms with Gasteiger partial charge in [-0.3, -0.25) is 4.79 Å². The van der Waals surface area contributed by atoms with Crippen LogP contribution < -0.4 is 11.1 Å². The molecule has 0 fully saturated rings. The average molecular weight is 284 g/mol. The molecule has 2 rings (SSSR count). The van der Waals surface area contributed by atoms with Gasteiger partial charge in [0.05, 0.1) is 11.4 Å². The van der Waals surface area contributed by atoms with Crippen molar-refractivity contribution in [1.82, 2.24) is 5.32 Å². The van der Waals surface area contributed by atoms with E-state index in [1.165, 1.54) is 11.3 Å². The topological polar surface area (TPSA) is 55.1 Å². The number of hydrogen-bond donors (Lipinski definition) is 2. The summed E-state index contributed by atoms with van der Waals surface area (Å²) in [5.74, 6) is 5.76. The van der Waals surface area contributed by atoms with Crippen molar-refractivity contribution in [3.63, 3.8) is 0 Å². The Kier molecular flexibility index (Phi) is 4.94. The van der Waals surface area contributed by atoms with Crippen LogP contribution in [0.5, 0.6) is 0 Å². The van der Waals surface area contributed by atoms with E-state index in [0.717, 1.165) is 20.9 Å². The van der Waals surface area contributed by atoms with E-state index >= 15 is 0 Å². The normalized spacial score (nSPS) is 9.70. The lowest BCUT2D eigenvalue weighted by Gasteiger charge is -2.04. The number of carbonyl (C=O) groups is 1. The Balaban J connectivity index is 1.98. The summed E-state index contributed by atoms with van der Waals surface area (Å²) in [6.45, 7) is 2.83. The lowest BCUT2D eigenvalue weighted by Crippen LogP contribution is -2.21. The highest BCUT2D eigenvalue weighted by molar-refractivity contribution is 7.13. The van der Waals surface area contributed by atoms with Crippen molar-refractivity contribution < 1.29 is 4.79 Å². The van der Waals surface area contributed by atoms with Gasteiger partial charge in [-0.25, -0.2) is 0 Å². The number of thiophene rings is 1. The summed E-state index contributed by atoms with van der Waals surface area (Å²) in [6, 6.07) is 11.6. The minimum atomic E-state index is -0.0402. The Bertz CT molecular complexity index is 664. The van der Waals surface area contributed by atoms with Crippen molar-refractivity contribution in [3.05, 3.63) is 57.3 Å². The van der Waals surface area contributed by atoms with Crippen molar-refractivity contribution in [2.24, 2.45) is 5.73 Å². The van der Waals surface area contributed by atoms with Crippen molar-refractivity contribution >= 4 is 17.2 Å². The van der Waals surface area contributed by atoms with E-state index in [-0.39, 0.29) is 5.91 Å². The molecule has 0 bridgehead atoms. The molecule has 0 saturated carbocycles. The molecule has 0 aliphatic rings. The summed E-state index contributed by atoms with van der Waals surface area (Å²) >= 11 is 1.50. The van der Waals surface area contributed by atoms with E-state index in [1.807, 2.05) is 43.3 Å². The third-order valence-electron chi connectivity index (χ3n) is 2.68. The van der Waals surface area contributed by atoms with Gasteiger partial charge in [-0.05, 0) is 36.8 Å². The zero-order valence-electron chi connectivity index (χ0n) is 11.3. The summed E-state index contributed by atoms with van der Waals surface area (Å²) in [4.78, 5) is 13.8. The van der Waals surface area contributed by atoms with Gasteiger partial charge >= 0.3 is 0 Å². The van der Waals surface area contributed by atoms with E-state index in [4.69, 9.17) is 5.73 Å². The minimum Gasteiger partial charge on any atom is -0.347 e. The van der Waals surface area contributed by atoms with E-state index in [1.54, 1.807) is 0 Å². The highest BCUT2D eigenvalue weighted by Crippen LogP contribution is 2.14. The Hall–Kier alpha value is -2.09. The number of benzene rings is 1. The number of hydrogen-bond acceptors (Lipinski definition) is 3. The lowest BCUT2D eigenvalue weighted by atomic mass is 10.1. The quantitative estimate of drug-likeness (QED) is 0.850. The molecule has 0 saturated heterocycles. The van der Waals surface area contributed by atoms with Crippen molar-refractivity contribution in [3.8, 4) is 11.8 Å². The summed E-state index contributed by atoms with van der Waals surface area (Å²) in [5, 5.41) is 2.91. The van der Waals surface area contributed by atoms with Crippen LogP contribution in [0.25, 0.3) is 0 Å². The molecule has 102 valence electrons. The Labute approximate surface area is 122 Å². The van der Waals surface area contributed by atoms with Crippen LogP contribution in [0.3, 0.4) is 0 Å². The number of rotatable bonds is 3. The van der Waals surface area contributed by atoms with Gasteiger partial charge in [-0.1, -0.05) is 24.0 Å². The van der Waals surface area contributed by atoms with Crippen LogP contribution in [0.1, 0.15) is 25.7 Å². The molecule has 3 nitrogen and oxygen atoms in total. The van der Waals surface area contributed by atoms with Crippen LogP contribution in [0.2, 0.25) is 0 Å². The van der Waals surface area contributed by atoms with E-state index in [2.05, 4.69) is 17.2 Å². The van der Waals surface area contributed by atoms with Crippen LogP contribution in [0.4, 0.5) is 0 Å². The van der Waals surface area contributed by atoms with E-state index in [0.29, 0.717) is 13.1 Å². The van der Waals surface area contributed by atoms with Crippen molar-refractivity contribution in [2.75, 3.05) is 6.54 Å². The Morgan fingerprint density at radius 3 is 2.90 bits per heavy atom. The zero-order valence-corrected chi connectivity index (χ0v) is 12.1. The molecule has 0 unspecified atom stereocenters. The molecule has 4 heteroatoms. The highest BCUT2D eigenvalue weighted by atomic mass is 32.1. The monoisotopic (exact) mass is 284 g/mol. The maximum absolute atomic E-state index is 11.9. The second kappa shape index (κ2) is 6.90. The van der Waals surface area contributed by atoms with Crippen LogP contribution in [-0.4, -0.2) is 12.5 Å². The molecule has 2 aromatic rings. The van der Waals surface area contributed by atoms with E-state index in [9.17, 15) is 4.79 Å². The third-order valence-corrected chi connectivity index (χ3v) is 3.68. The van der Waals surface area contributed by atoms with Gasteiger partial charge in [0, 0.05) is 17.0 Å². The molecule has 0 spiro atoms. The van der Waals surface area contributed by atoms with Crippen LogP contribution in [0, 0.1) is 18.8 Å². The second-order valence-electron chi connectivity index (χ2n) is 4.30. The first kappa shape index (κ1) is 14.3. The number of carbonyl (C=O) groups excluding carboxylic acids is 1. The molecular weight excluding hydrogens is 268 g/mol. The minimum absolute atomic E-state index is 0.0402. The summed E-state index contributed by atoms with van der Waals surface area (Å²) < 4.78 is 0. The molecule has 0 aliphatic heterocycles. The van der Waals surface area contributed by atoms with Crippen molar-refractivity contribution in [1.29, 1.82) is 0 Å². The number of nitrogens with two attached hydrogens (primary N) is 1. The average Bonchev–Trinajstić information content (AvgIpc) is 2.90. The maximum atomic E-state index is 11.9. The number of amides is 1. The van der Waals surface area contributed by atoms with Gasteiger partial charge in [-0.15, -0.1) is 11.3 Å². The molecule has 3 N–H and O–H groups in total. The molecule has 20 heavy (non-hydrogen) atoms. The highest BCUT2D eigenvalue weighted by Gasteiger charge is 2.07. The summed E-state index contributed by atoms with van der Waals surface area (Å²) in [6.07, 6.45) is 0. The number of nitrogens with one attached hydrogen (secondary N) is 1.